The van der Waals surface area contributed by atoms with Gasteiger partial charge in [-0.15, -0.1) is 0 Å². The van der Waals surface area contributed by atoms with Gasteiger partial charge in [0.1, 0.15) is 0 Å². The molecule has 0 aromatic carbocycles. The predicted octanol–water partition coefficient (Wildman–Crippen LogP) is 1.58. The van der Waals surface area contributed by atoms with Crippen molar-refractivity contribution in [3.8, 4) is 0 Å². The fourth-order valence-electron chi connectivity index (χ4n) is 0.956. The molecule has 0 radical (unpaired) electrons. The van der Waals surface area contributed by atoms with Crippen LogP contribution in [0.1, 0.15) is 12.5 Å². The Morgan fingerprint density at radius 2 is 2.21 bits per heavy atom. The average molecular weight is 206 g/mol. The zero-order valence-corrected chi connectivity index (χ0v) is 7.51. The van der Waals surface area contributed by atoms with Crippen molar-refractivity contribution < 1.29 is 18.0 Å². The van der Waals surface area contributed by atoms with Crippen molar-refractivity contribution in [3.63, 3.8) is 0 Å². The molecule has 0 aliphatic rings. The van der Waals surface area contributed by atoms with Gasteiger partial charge in [-0.2, -0.15) is 18.3 Å². The Morgan fingerprint density at radius 1 is 1.57 bits per heavy atom. The number of carbonyl (C=O) groups excluding carboxylic acids is 1. The zero-order valence-electron chi connectivity index (χ0n) is 7.51. The molecule has 0 atom stereocenters. The number of nitrogens with zero attached hydrogens (tertiary/aromatic N) is 2. The first kappa shape index (κ1) is 10.7. The number of carbonyl (C=O) groups is 1. The molecule has 3 nitrogen and oxygen atoms in total. The zero-order chi connectivity index (χ0) is 10.8. The first-order valence-corrected chi connectivity index (χ1v) is 4.05. The van der Waals surface area contributed by atoms with Crippen molar-refractivity contribution >= 4 is 5.78 Å². The van der Waals surface area contributed by atoms with Crippen LogP contribution in [0.15, 0.2) is 12.4 Å². The number of hydrogen-bond donors (Lipinski definition) is 0. The van der Waals surface area contributed by atoms with E-state index in [1.807, 2.05) is 6.92 Å². The van der Waals surface area contributed by atoms with Crippen molar-refractivity contribution in [3.05, 3.63) is 18.0 Å². The highest BCUT2D eigenvalue weighted by Gasteiger charge is 2.37. The number of halogens is 3. The molecular formula is C8H9F3N2O. The second kappa shape index (κ2) is 3.81. The van der Waals surface area contributed by atoms with Crippen molar-refractivity contribution in [2.45, 2.75) is 26.1 Å². The van der Waals surface area contributed by atoms with Crippen molar-refractivity contribution in [2.75, 3.05) is 0 Å². The van der Waals surface area contributed by atoms with E-state index >= 15 is 0 Å². The van der Waals surface area contributed by atoms with E-state index in [0.717, 1.165) is 0 Å². The van der Waals surface area contributed by atoms with E-state index in [2.05, 4.69) is 5.10 Å². The molecule has 0 amide bonds. The Balaban J connectivity index is 2.65. The van der Waals surface area contributed by atoms with Gasteiger partial charge in [0.25, 0.3) is 0 Å². The van der Waals surface area contributed by atoms with Crippen LogP contribution in [0.25, 0.3) is 0 Å². The summed E-state index contributed by atoms with van der Waals surface area (Å²) >= 11 is 0. The Kier molecular flexibility index (Phi) is 2.93. The van der Waals surface area contributed by atoms with Gasteiger partial charge < -0.3 is 0 Å². The van der Waals surface area contributed by atoms with Gasteiger partial charge >= 0.3 is 6.18 Å². The summed E-state index contributed by atoms with van der Waals surface area (Å²) < 4.78 is 37.0. The fourth-order valence-corrected chi connectivity index (χ4v) is 0.956. The minimum atomic E-state index is -4.76. The summed E-state index contributed by atoms with van der Waals surface area (Å²) in [5, 5.41) is 3.77. The Bertz CT molecular complexity index is 330. The number of aromatic nitrogens is 2. The van der Waals surface area contributed by atoms with E-state index in [1.54, 1.807) is 0 Å². The first-order chi connectivity index (χ1) is 6.43. The second-order valence-electron chi connectivity index (χ2n) is 2.80. The predicted molar refractivity (Wildman–Crippen MR) is 42.7 cm³/mol. The summed E-state index contributed by atoms with van der Waals surface area (Å²) in [5.74, 6) is -1.74. The number of Topliss-reactive ketones (excluding diaryl/α,β-unsaturated/α-hetero) is 1. The van der Waals surface area contributed by atoms with E-state index in [9.17, 15) is 18.0 Å². The van der Waals surface area contributed by atoms with E-state index < -0.39 is 18.4 Å². The molecule has 1 aromatic heterocycles. The molecule has 0 unspecified atom stereocenters. The average Bonchev–Trinajstić information content (AvgIpc) is 2.50. The minimum absolute atomic E-state index is 0.286. The number of aryl methyl sites for hydroxylation is 1. The molecule has 0 aliphatic carbocycles. The number of hydrogen-bond acceptors (Lipinski definition) is 2. The quantitative estimate of drug-likeness (QED) is 0.752. The van der Waals surface area contributed by atoms with Crippen LogP contribution in [0.2, 0.25) is 0 Å². The molecule has 78 valence electrons. The van der Waals surface area contributed by atoms with E-state index in [1.165, 1.54) is 17.1 Å². The lowest BCUT2D eigenvalue weighted by Crippen LogP contribution is -2.24. The van der Waals surface area contributed by atoms with Gasteiger partial charge in [0.2, 0.25) is 5.78 Å². The van der Waals surface area contributed by atoms with Crippen molar-refractivity contribution in [2.24, 2.45) is 0 Å². The topological polar surface area (TPSA) is 34.9 Å². The monoisotopic (exact) mass is 206 g/mol. The molecule has 0 bridgehead atoms. The molecule has 0 saturated carbocycles. The summed E-state index contributed by atoms with van der Waals surface area (Å²) in [5.41, 5.74) is 0.286. The van der Waals surface area contributed by atoms with E-state index in [-0.39, 0.29) is 5.56 Å². The normalized spacial score (nSPS) is 11.7. The Labute approximate surface area is 78.5 Å². The highest BCUT2D eigenvalue weighted by atomic mass is 19.4. The first-order valence-electron chi connectivity index (χ1n) is 4.05. The van der Waals surface area contributed by atoms with Crippen LogP contribution in [0.4, 0.5) is 13.2 Å². The summed E-state index contributed by atoms with van der Waals surface area (Å²) in [4.78, 5) is 10.6. The van der Waals surface area contributed by atoms with Crippen LogP contribution in [-0.4, -0.2) is 21.7 Å². The molecule has 0 N–H and O–H groups in total. The Hall–Kier alpha value is -1.33. The van der Waals surface area contributed by atoms with Crippen LogP contribution in [0.5, 0.6) is 0 Å². The lowest BCUT2D eigenvalue weighted by atomic mass is 10.2. The number of alkyl halides is 3. The molecule has 0 spiro atoms. The SMILES string of the molecule is CCn1cc(CC(=O)C(F)(F)F)cn1. The standard InChI is InChI=1S/C8H9F3N2O/c1-2-13-5-6(4-12-13)3-7(14)8(9,10)11/h4-5H,2-3H2,1H3. The molecular weight excluding hydrogens is 197 g/mol. The lowest BCUT2D eigenvalue weighted by molar-refractivity contribution is -0.170. The molecule has 0 aliphatic heterocycles. The lowest BCUT2D eigenvalue weighted by Gasteiger charge is -2.02. The molecule has 1 rings (SSSR count). The second-order valence-corrected chi connectivity index (χ2v) is 2.80. The van der Waals surface area contributed by atoms with Crippen LogP contribution >= 0.6 is 0 Å². The summed E-state index contributed by atoms with van der Waals surface area (Å²) in [6, 6.07) is 0. The van der Waals surface area contributed by atoms with Gasteiger partial charge in [0, 0.05) is 19.2 Å². The van der Waals surface area contributed by atoms with Crippen molar-refractivity contribution in [1.29, 1.82) is 0 Å². The smallest absolute Gasteiger partial charge is 0.289 e. The molecule has 0 fully saturated rings. The molecule has 1 heterocycles. The maximum Gasteiger partial charge on any atom is 0.450 e. The fraction of sp³-hybridized carbons (Fsp3) is 0.500. The van der Waals surface area contributed by atoms with Crippen LogP contribution in [0, 0.1) is 0 Å². The molecule has 14 heavy (non-hydrogen) atoms. The third-order valence-corrected chi connectivity index (χ3v) is 1.69. The minimum Gasteiger partial charge on any atom is -0.289 e. The van der Waals surface area contributed by atoms with Crippen LogP contribution in [0.3, 0.4) is 0 Å². The van der Waals surface area contributed by atoms with E-state index in [0.29, 0.717) is 6.54 Å². The van der Waals surface area contributed by atoms with E-state index in [4.69, 9.17) is 0 Å². The maximum atomic E-state index is 11.8. The van der Waals surface area contributed by atoms with Gasteiger partial charge in [0.15, 0.2) is 0 Å². The van der Waals surface area contributed by atoms with Crippen LogP contribution < -0.4 is 0 Å². The number of ketones is 1. The van der Waals surface area contributed by atoms with Crippen LogP contribution in [-0.2, 0) is 17.8 Å². The van der Waals surface area contributed by atoms with Gasteiger partial charge in [0.05, 0.1) is 6.20 Å². The summed E-state index contributed by atoms with van der Waals surface area (Å²) in [6.45, 7) is 2.38. The summed E-state index contributed by atoms with van der Waals surface area (Å²) in [6.07, 6.45) is -2.69. The highest BCUT2D eigenvalue weighted by Crippen LogP contribution is 2.18. The molecule has 0 saturated heterocycles. The van der Waals surface area contributed by atoms with Gasteiger partial charge in [-0.05, 0) is 12.5 Å². The Morgan fingerprint density at radius 3 is 2.64 bits per heavy atom. The highest BCUT2D eigenvalue weighted by molar-refractivity contribution is 5.85. The third kappa shape index (κ3) is 2.58. The maximum absolute atomic E-state index is 11.8. The number of rotatable bonds is 3. The summed E-state index contributed by atoms with van der Waals surface area (Å²) in [7, 11) is 0. The largest absolute Gasteiger partial charge is 0.450 e. The molecule has 1 aromatic rings. The van der Waals surface area contributed by atoms with Crippen molar-refractivity contribution in [1.82, 2.24) is 9.78 Å². The van der Waals surface area contributed by atoms with Gasteiger partial charge in [-0.1, -0.05) is 0 Å². The van der Waals surface area contributed by atoms with Gasteiger partial charge in [-0.25, -0.2) is 0 Å². The third-order valence-electron chi connectivity index (χ3n) is 1.69. The molecule has 6 heteroatoms. The van der Waals surface area contributed by atoms with Gasteiger partial charge in [-0.3, -0.25) is 9.48 Å².